The van der Waals surface area contributed by atoms with E-state index in [9.17, 15) is 19.8 Å². The number of carbonyl (C=O) groups is 2. The monoisotopic (exact) mass is 877 g/mol. The van der Waals surface area contributed by atoms with Crippen molar-refractivity contribution in [1.82, 2.24) is 9.55 Å². The summed E-state index contributed by atoms with van der Waals surface area (Å²) in [5, 5.41) is 36.7. The molecule has 0 radical (unpaired) electrons. The average molecular weight is 879 g/mol. The number of carbonyl (C=O) groups excluding carboxylic acids is 2. The third kappa shape index (κ3) is 8.22. The Balaban J connectivity index is 0.000000187. The van der Waals surface area contributed by atoms with E-state index in [-0.39, 0.29) is 24.2 Å². The van der Waals surface area contributed by atoms with Crippen molar-refractivity contribution in [1.29, 1.82) is 0 Å². The number of aliphatic hydroxyl groups excluding tert-OH is 2. The van der Waals surface area contributed by atoms with Crippen LogP contribution in [0, 0.1) is 32.8 Å². The van der Waals surface area contributed by atoms with Gasteiger partial charge in [-0.15, -0.1) is 10.1 Å². The lowest BCUT2D eigenvalue weighted by Gasteiger charge is -2.62. The predicted molar refractivity (Wildman–Crippen MR) is 215 cm³/mol. The quantitative estimate of drug-likeness (QED) is 0.148. The maximum Gasteiger partial charge on any atom is 0.291 e. The molecule has 1 aliphatic heterocycles. The molecule has 5 aliphatic rings. The molecule has 0 amide bonds. The van der Waals surface area contributed by atoms with Gasteiger partial charge in [-0.3, -0.25) is 9.59 Å². The summed E-state index contributed by atoms with van der Waals surface area (Å²) in [6, 6.07) is 13.0. The van der Waals surface area contributed by atoms with Crippen LogP contribution in [0.2, 0.25) is 15.1 Å². The highest BCUT2D eigenvalue weighted by Crippen LogP contribution is 2.72. The van der Waals surface area contributed by atoms with E-state index in [1.165, 1.54) is 12.2 Å². The number of aliphatic hydroxyl groups is 2. The van der Waals surface area contributed by atoms with Gasteiger partial charge in [0.05, 0.1) is 31.7 Å². The first-order chi connectivity index (χ1) is 27.7. The van der Waals surface area contributed by atoms with Crippen LogP contribution < -0.4 is 0 Å². The lowest BCUT2D eigenvalue weighted by Crippen LogP contribution is -2.70. The van der Waals surface area contributed by atoms with Crippen LogP contribution in [0.15, 0.2) is 85.0 Å². The van der Waals surface area contributed by atoms with E-state index in [0.29, 0.717) is 47.5 Å². The first-order valence-electron chi connectivity index (χ1n) is 19.1. The van der Waals surface area contributed by atoms with Crippen molar-refractivity contribution < 1.29 is 48.7 Å². The zero-order chi connectivity index (χ0) is 43.1. The van der Waals surface area contributed by atoms with Crippen molar-refractivity contribution in [3.8, 4) is 0 Å². The highest BCUT2D eigenvalue weighted by Gasteiger charge is 2.80. The van der Waals surface area contributed by atoms with Gasteiger partial charge in [0.25, 0.3) is 5.09 Å². The van der Waals surface area contributed by atoms with E-state index in [0.717, 1.165) is 16.7 Å². The van der Waals surface area contributed by atoms with E-state index in [1.807, 2.05) is 54.1 Å². The Hall–Kier alpha value is -3.73. The van der Waals surface area contributed by atoms with Crippen LogP contribution in [0.1, 0.15) is 70.6 Å². The fourth-order valence-electron chi connectivity index (χ4n) is 10.3. The first kappa shape index (κ1) is 44.8. The number of ketones is 2. The first-order valence-corrected chi connectivity index (χ1v) is 20.3. The Morgan fingerprint density at radius 1 is 1.12 bits per heavy atom. The van der Waals surface area contributed by atoms with Crippen molar-refractivity contribution in [2.75, 3.05) is 6.61 Å². The van der Waals surface area contributed by atoms with E-state index in [1.54, 1.807) is 45.4 Å². The smallest absolute Gasteiger partial charge is 0.291 e. The molecule has 2 heterocycles. The third-order valence-electron chi connectivity index (χ3n) is 12.8. The summed E-state index contributed by atoms with van der Waals surface area (Å²) in [6.07, 6.45) is 9.16. The number of alkyl halides is 1. The highest BCUT2D eigenvalue weighted by atomic mass is 35.5. The summed E-state index contributed by atoms with van der Waals surface area (Å²) in [4.78, 5) is 37.5. The van der Waals surface area contributed by atoms with Gasteiger partial charge < -0.3 is 34.2 Å². The van der Waals surface area contributed by atoms with Crippen LogP contribution in [-0.4, -0.2) is 77.5 Å². The number of hydrogen-bond acceptors (Lipinski definition) is 10. The Bertz CT molecular complexity index is 2120. The number of rotatable bonds is 8. The summed E-state index contributed by atoms with van der Waals surface area (Å²) < 4.78 is 37.6. The number of aromatic nitrogens is 2. The predicted octanol–water partition coefficient (Wildman–Crippen LogP) is 7.87. The molecule has 2 unspecified atom stereocenters. The fourth-order valence-corrected chi connectivity index (χ4v) is 10.9. The van der Waals surface area contributed by atoms with Crippen LogP contribution in [0.4, 0.5) is 4.39 Å². The van der Waals surface area contributed by atoms with Crippen LogP contribution >= 0.6 is 34.8 Å². The van der Waals surface area contributed by atoms with Crippen LogP contribution in [0.5, 0.6) is 0 Å². The van der Waals surface area contributed by atoms with E-state index in [2.05, 4.69) is 4.98 Å². The van der Waals surface area contributed by atoms with Crippen molar-refractivity contribution >= 4 is 46.4 Å². The molecule has 3 N–H and O–H groups in total. The van der Waals surface area contributed by atoms with Crippen molar-refractivity contribution in [3.63, 3.8) is 0 Å². The van der Waals surface area contributed by atoms with Gasteiger partial charge in [-0.25, -0.2) is 9.37 Å². The zero-order valence-electron chi connectivity index (χ0n) is 32.9. The molecule has 0 spiro atoms. The maximum absolute atomic E-state index is 17.1. The van der Waals surface area contributed by atoms with Crippen LogP contribution in [0.3, 0.4) is 0 Å². The molecule has 1 aromatic heterocycles. The summed E-state index contributed by atoms with van der Waals surface area (Å²) in [5.74, 6) is -2.46. The highest BCUT2D eigenvalue weighted by molar-refractivity contribution is 6.35. The number of halogens is 4. The molecule has 318 valence electrons. The molecule has 13 nitrogen and oxygen atoms in total. The van der Waals surface area contributed by atoms with Gasteiger partial charge in [0.2, 0.25) is 0 Å². The van der Waals surface area contributed by atoms with Gasteiger partial charge in [-0.1, -0.05) is 71.6 Å². The molecule has 59 heavy (non-hydrogen) atoms. The van der Waals surface area contributed by atoms with Crippen molar-refractivity contribution in [2.24, 2.45) is 22.7 Å². The van der Waals surface area contributed by atoms with Gasteiger partial charge in [-0.05, 0) is 94.4 Å². The molecule has 8 rings (SSSR count). The second-order valence-electron chi connectivity index (χ2n) is 16.5. The Kier molecular flexibility index (Phi) is 12.9. The van der Waals surface area contributed by atoms with E-state index < -0.39 is 63.5 Å². The molecular weight excluding hydrogens is 832 g/mol. The Morgan fingerprint density at radius 3 is 2.42 bits per heavy atom. The maximum atomic E-state index is 17.1. The number of ether oxygens (including phenoxy) is 3. The molecule has 1 saturated heterocycles. The second-order valence-corrected chi connectivity index (χ2v) is 17.8. The second kappa shape index (κ2) is 17.0. The average Bonchev–Trinajstić information content (AvgIpc) is 3.84. The van der Waals surface area contributed by atoms with Crippen LogP contribution in [0.25, 0.3) is 0 Å². The number of imidazole rings is 1. The van der Waals surface area contributed by atoms with E-state index in [4.69, 9.17) is 64.3 Å². The summed E-state index contributed by atoms with van der Waals surface area (Å²) in [7, 11) is 0. The molecule has 4 fully saturated rings. The van der Waals surface area contributed by atoms with Gasteiger partial charge >= 0.3 is 0 Å². The van der Waals surface area contributed by atoms with Gasteiger partial charge in [-0.2, -0.15) is 0 Å². The normalized spacial score (nSPS) is 32.8. The lowest BCUT2D eigenvalue weighted by molar-refractivity contribution is -0.742. The molecule has 3 saturated carbocycles. The molecule has 4 aliphatic carbocycles. The van der Waals surface area contributed by atoms with Crippen molar-refractivity contribution in [2.45, 2.75) is 102 Å². The third-order valence-corrected chi connectivity index (χ3v) is 13.6. The molecule has 0 bridgehead atoms. The number of hydrogen-bond donors (Lipinski definition) is 3. The van der Waals surface area contributed by atoms with Crippen molar-refractivity contribution in [3.05, 3.63) is 121 Å². The van der Waals surface area contributed by atoms with Gasteiger partial charge in [0, 0.05) is 49.8 Å². The zero-order valence-corrected chi connectivity index (χ0v) is 35.2. The van der Waals surface area contributed by atoms with Gasteiger partial charge in [0.1, 0.15) is 12.7 Å². The van der Waals surface area contributed by atoms with Gasteiger partial charge in [0.15, 0.2) is 28.6 Å². The SMILES string of the molecule is CC1(C)O[C@H]2C[C@H]3[C@@H]4CCC5=CC(=O)C=C[C@]5(C)C4(F)[C@@H](O)C[C@]3(C)[C@]2(C(=O)CO)O1.Clc1ccc(COC(Cn2ccnc2)c2ccc(Cl)cc2Cl)cc1.O=[N+]([O-])O. The number of nitrogens with zero attached hydrogens (tertiary/aromatic N) is 3. The largest absolute Gasteiger partial charge is 0.390 e. The number of allylic oxidation sites excluding steroid dienone is 4. The molecule has 3 aromatic rings. The number of fused-ring (bicyclic) bond motifs is 7. The summed E-state index contributed by atoms with van der Waals surface area (Å²) in [6.45, 7) is 7.47. The number of Topliss-reactive ketones (excluding diaryl/α,β-unsaturated/α-hetero) is 1. The van der Waals surface area contributed by atoms with E-state index >= 15 is 4.39 Å². The molecule has 2 aromatic carbocycles. The Morgan fingerprint density at radius 2 is 1.80 bits per heavy atom. The summed E-state index contributed by atoms with van der Waals surface area (Å²) >= 11 is 18.3. The minimum absolute atomic E-state index is 0.0109. The minimum atomic E-state index is -1.98. The molecule has 9 atom stereocenters. The molecular formula is C42H47Cl3FN3O10. The summed E-state index contributed by atoms with van der Waals surface area (Å²) in [5.41, 5.74) is -2.73. The fraction of sp³-hybridized carbons (Fsp3) is 0.500. The topological polar surface area (TPSA) is 183 Å². The lowest BCUT2D eigenvalue weighted by atomic mass is 9.44. The Labute approximate surface area is 355 Å². The van der Waals surface area contributed by atoms with Crippen LogP contribution in [-0.2, 0) is 37.0 Å². The number of benzene rings is 2. The molecule has 17 heteroatoms. The standard InChI is InChI=1S/C24H31FO6.C18H15Cl3N2O.HNO3/c1-20(2)30-19-10-16-15-6-5-13-9-14(27)7-8-21(13,3)23(15,25)17(28)11-22(16,4)24(19,31-20)18(29)12-26;19-14-3-1-13(2-4-14)11-24-18(10-23-8-7-22-12-23)16-6-5-15(20)9-17(16)21;2-1(3)4/h7-9,15-17,19,26,28H,5-6,10-12H2,1-4H3;1-9,12,18H,10-11H2;(H,2,3,4)/t15-,16-,17-,19-,21-,22-,23?,24+;;/m0../s1. The minimum Gasteiger partial charge on any atom is -0.390 e.